The van der Waals surface area contributed by atoms with Gasteiger partial charge in [0.2, 0.25) is 5.90 Å². The van der Waals surface area contributed by atoms with Crippen LogP contribution in [0.25, 0.3) is 11.0 Å². The average Bonchev–Trinajstić information content (AvgIpc) is 3.08. The molecule has 192 valence electrons. The summed E-state index contributed by atoms with van der Waals surface area (Å²) in [7, 11) is 3.60. The summed E-state index contributed by atoms with van der Waals surface area (Å²) in [6, 6.07) is 8.35. The Morgan fingerprint density at radius 2 is 1.97 bits per heavy atom. The minimum atomic E-state index is -0.121. The second kappa shape index (κ2) is 10.1. The van der Waals surface area contributed by atoms with Gasteiger partial charge in [0, 0.05) is 45.4 Å². The number of nitrogens with zero attached hydrogens (tertiary/aromatic N) is 4. The maximum Gasteiger partial charge on any atom is 0.329 e. The van der Waals surface area contributed by atoms with Gasteiger partial charge in [0.1, 0.15) is 11.9 Å². The molecule has 0 saturated carbocycles. The summed E-state index contributed by atoms with van der Waals surface area (Å²) in [5, 5.41) is 0. The van der Waals surface area contributed by atoms with Crippen LogP contribution in [0.2, 0.25) is 0 Å². The maximum absolute atomic E-state index is 13.0. The number of rotatable bonds is 5. The SMILES string of the molecule is COC1C=CC=C2OC3=NCC=CC3C(=CCCN3CCC(n4c(=O)n(C)c5ccccc54)CC3)C=C21. The van der Waals surface area contributed by atoms with Gasteiger partial charge in [-0.2, -0.15) is 0 Å². The van der Waals surface area contributed by atoms with Crippen LogP contribution in [-0.2, 0) is 16.5 Å². The molecule has 4 heterocycles. The molecule has 1 aromatic heterocycles. The fourth-order valence-electron chi connectivity index (χ4n) is 5.96. The normalized spacial score (nSPS) is 25.2. The first kappa shape index (κ1) is 23.9. The molecule has 2 atom stereocenters. The van der Waals surface area contributed by atoms with E-state index in [4.69, 9.17) is 9.47 Å². The number of dihydropyridines is 1. The van der Waals surface area contributed by atoms with Gasteiger partial charge in [0.15, 0.2) is 0 Å². The summed E-state index contributed by atoms with van der Waals surface area (Å²) >= 11 is 0. The van der Waals surface area contributed by atoms with Gasteiger partial charge in [-0.1, -0.05) is 42.5 Å². The summed E-state index contributed by atoms with van der Waals surface area (Å²) in [4.78, 5) is 20.1. The van der Waals surface area contributed by atoms with Crippen molar-refractivity contribution in [2.45, 2.75) is 31.4 Å². The second-order valence-electron chi connectivity index (χ2n) is 10.1. The second-order valence-corrected chi connectivity index (χ2v) is 10.1. The molecule has 1 saturated heterocycles. The Morgan fingerprint density at radius 1 is 1.16 bits per heavy atom. The van der Waals surface area contributed by atoms with Gasteiger partial charge in [-0.05, 0) is 49.1 Å². The van der Waals surface area contributed by atoms with Gasteiger partial charge < -0.3 is 14.4 Å². The number of piperidine rings is 1. The van der Waals surface area contributed by atoms with Crippen LogP contribution in [0.4, 0.5) is 0 Å². The summed E-state index contributed by atoms with van der Waals surface area (Å²) in [5.74, 6) is 1.62. The maximum atomic E-state index is 13.0. The fraction of sp³-hybridized carbons (Fsp3) is 0.400. The smallest absolute Gasteiger partial charge is 0.329 e. The van der Waals surface area contributed by atoms with E-state index in [1.54, 1.807) is 11.7 Å². The average molecular weight is 499 g/mol. The molecule has 7 heteroatoms. The van der Waals surface area contributed by atoms with Gasteiger partial charge in [-0.3, -0.25) is 14.1 Å². The van der Waals surface area contributed by atoms with Gasteiger partial charge in [-0.25, -0.2) is 4.79 Å². The number of aliphatic imine (C=N–C) groups is 1. The number of ether oxygens (including phenoxy) is 2. The standard InChI is InChI=1S/C30H34N4O3/c1-32-25-10-3-4-11-26(25)34(30(32)35)22-14-18-33(19-15-22)17-7-8-21-20-24-27(36-2)12-5-13-28(24)37-29-23(21)9-6-16-31-29/h3-6,8-13,20,22-23,27H,7,14-19H2,1-2H3. The van der Waals surface area contributed by atoms with E-state index in [2.05, 4.69) is 40.3 Å². The van der Waals surface area contributed by atoms with Crippen LogP contribution in [0, 0.1) is 5.92 Å². The zero-order valence-corrected chi connectivity index (χ0v) is 21.5. The molecule has 7 nitrogen and oxygen atoms in total. The number of aromatic nitrogens is 2. The lowest BCUT2D eigenvalue weighted by atomic mass is 9.92. The molecule has 6 rings (SSSR count). The lowest BCUT2D eigenvalue weighted by molar-refractivity contribution is 0.163. The monoisotopic (exact) mass is 498 g/mol. The predicted octanol–water partition coefficient (Wildman–Crippen LogP) is 4.30. The molecule has 0 radical (unpaired) electrons. The van der Waals surface area contributed by atoms with Crippen LogP contribution >= 0.6 is 0 Å². The van der Waals surface area contributed by atoms with Crippen molar-refractivity contribution < 1.29 is 9.47 Å². The molecule has 37 heavy (non-hydrogen) atoms. The van der Waals surface area contributed by atoms with Gasteiger partial charge in [-0.15, -0.1) is 0 Å². The lowest BCUT2D eigenvalue weighted by Crippen LogP contribution is -2.38. The van der Waals surface area contributed by atoms with Crippen molar-refractivity contribution in [1.29, 1.82) is 0 Å². The first-order valence-corrected chi connectivity index (χ1v) is 13.2. The number of hydrogen-bond acceptors (Lipinski definition) is 5. The topological polar surface area (TPSA) is 61.0 Å². The number of benzene rings is 1. The highest BCUT2D eigenvalue weighted by atomic mass is 16.5. The first-order chi connectivity index (χ1) is 18.1. The molecule has 4 aliphatic rings. The predicted molar refractivity (Wildman–Crippen MR) is 147 cm³/mol. The summed E-state index contributed by atoms with van der Waals surface area (Å²) in [5.41, 5.74) is 4.39. The third-order valence-corrected chi connectivity index (χ3v) is 7.96. The molecular formula is C30H34N4O3. The van der Waals surface area contributed by atoms with Crippen molar-refractivity contribution in [3.8, 4) is 0 Å². The van der Waals surface area contributed by atoms with Crippen molar-refractivity contribution in [3.63, 3.8) is 0 Å². The number of imidazole rings is 1. The Kier molecular flexibility index (Phi) is 6.57. The third-order valence-electron chi connectivity index (χ3n) is 7.96. The minimum Gasteiger partial charge on any atom is -0.442 e. The number of fused-ring (bicyclic) bond motifs is 3. The quantitative estimate of drug-likeness (QED) is 0.577. The lowest BCUT2D eigenvalue weighted by Gasteiger charge is -2.32. The number of methoxy groups -OCH3 is 1. The molecule has 2 unspecified atom stereocenters. The summed E-state index contributed by atoms with van der Waals surface area (Å²) in [6.45, 7) is 3.63. The number of aryl methyl sites for hydroxylation is 1. The minimum absolute atomic E-state index is 0.0363. The molecule has 0 spiro atoms. The van der Waals surface area contributed by atoms with Gasteiger partial charge >= 0.3 is 5.69 Å². The fourth-order valence-corrected chi connectivity index (χ4v) is 5.96. The highest BCUT2D eigenvalue weighted by molar-refractivity contribution is 5.87. The van der Waals surface area contributed by atoms with E-state index in [0.29, 0.717) is 6.54 Å². The number of hydrogen-bond donors (Lipinski definition) is 0. The van der Waals surface area contributed by atoms with E-state index in [1.165, 1.54) is 5.57 Å². The van der Waals surface area contributed by atoms with Crippen LogP contribution in [-0.4, -0.2) is 59.3 Å². The Labute approximate surface area is 217 Å². The van der Waals surface area contributed by atoms with Gasteiger partial charge in [0.05, 0.1) is 23.5 Å². The Morgan fingerprint density at radius 3 is 2.78 bits per heavy atom. The molecule has 1 aromatic carbocycles. The van der Waals surface area contributed by atoms with Crippen LogP contribution in [0.15, 0.2) is 93.5 Å². The Balaban J connectivity index is 1.15. The number of likely N-dealkylation sites (tertiary alicyclic amines) is 1. The molecule has 0 N–H and O–H groups in total. The molecule has 1 aliphatic carbocycles. The molecular weight excluding hydrogens is 464 g/mol. The van der Waals surface area contributed by atoms with Crippen molar-refractivity contribution >= 4 is 16.9 Å². The van der Waals surface area contributed by atoms with Crippen LogP contribution in [0.3, 0.4) is 0 Å². The van der Waals surface area contributed by atoms with Crippen molar-refractivity contribution in [2.24, 2.45) is 18.0 Å². The van der Waals surface area contributed by atoms with E-state index in [9.17, 15) is 4.79 Å². The molecule has 1 fully saturated rings. The van der Waals surface area contributed by atoms with E-state index in [-0.39, 0.29) is 23.8 Å². The largest absolute Gasteiger partial charge is 0.442 e. The Hall–Kier alpha value is -3.42. The highest BCUT2D eigenvalue weighted by Crippen LogP contribution is 2.34. The zero-order valence-electron chi connectivity index (χ0n) is 21.5. The molecule has 2 aromatic rings. The van der Waals surface area contributed by atoms with E-state index in [1.807, 2.05) is 48.0 Å². The van der Waals surface area contributed by atoms with E-state index in [0.717, 1.165) is 67.2 Å². The van der Waals surface area contributed by atoms with Crippen molar-refractivity contribution in [2.75, 3.05) is 33.3 Å². The first-order valence-electron chi connectivity index (χ1n) is 13.2. The molecule has 0 bridgehead atoms. The van der Waals surface area contributed by atoms with Gasteiger partial charge in [0.25, 0.3) is 0 Å². The third kappa shape index (κ3) is 4.47. The zero-order chi connectivity index (χ0) is 25.4. The highest BCUT2D eigenvalue weighted by Gasteiger charge is 2.31. The van der Waals surface area contributed by atoms with Crippen LogP contribution in [0.1, 0.15) is 25.3 Å². The number of para-hydroxylation sites is 2. The van der Waals surface area contributed by atoms with Crippen molar-refractivity contribution in [3.05, 3.63) is 94.2 Å². The Bertz CT molecular complexity index is 1430. The summed E-state index contributed by atoms with van der Waals surface area (Å²) in [6.07, 6.45) is 17.7. The van der Waals surface area contributed by atoms with E-state index < -0.39 is 0 Å². The molecule has 3 aliphatic heterocycles. The van der Waals surface area contributed by atoms with Crippen LogP contribution in [0.5, 0.6) is 0 Å². The number of allylic oxidation sites excluding steroid dienone is 3. The molecule has 0 amide bonds. The van der Waals surface area contributed by atoms with Crippen LogP contribution < -0.4 is 5.69 Å². The van der Waals surface area contributed by atoms with Crippen molar-refractivity contribution in [1.82, 2.24) is 14.0 Å². The van der Waals surface area contributed by atoms with E-state index >= 15 is 0 Å². The summed E-state index contributed by atoms with van der Waals surface area (Å²) < 4.78 is 15.7.